The summed E-state index contributed by atoms with van der Waals surface area (Å²) in [6.07, 6.45) is 6.37. The lowest BCUT2D eigenvalue weighted by Crippen LogP contribution is -2.24. The van der Waals surface area contributed by atoms with Gasteiger partial charge in [0.1, 0.15) is 5.82 Å². The third-order valence-corrected chi connectivity index (χ3v) is 7.79. The van der Waals surface area contributed by atoms with Gasteiger partial charge in [0.05, 0.1) is 33.6 Å². The van der Waals surface area contributed by atoms with E-state index in [-0.39, 0.29) is 0 Å². The maximum atomic E-state index is 5.24. The zero-order valence-corrected chi connectivity index (χ0v) is 23.3. The highest BCUT2D eigenvalue weighted by Crippen LogP contribution is 2.51. The second-order valence-electron chi connectivity index (χ2n) is 10.5. The van der Waals surface area contributed by atoms with Crippen molar-refractivity contribution in [2.75, 3.05) is 9.80 Å². The van der Waals surface area contributed by atoms with E-state index in [0.717, 1.165) is 56.3 Å². The van der Waals surface area contributed by atoms with Gasteiger partial charge in [-0.2, -0.15) is 5.10 Å². The first-order chi connectivity index (χ1) is 19.4. The molecule has 196 valence electrons. The Bertz CT molecular complexity index is 1890. The Kier molecular flexibility index (Phi) is 5.46. The highest BCUT2D eigenvalue weighted by atomic mass is 15.5. The van der Waals surface area contributed by atoms with Gasteiger partial charge in [-0.25, -0.2) is 14.5 Å². The second-order valence-corrected chi connectivity index (χ2v) is 10.5. The largest absolute Gasteiger partial charge is 0.276 e. The van der Waals surface area contributed by atoms with Gasteiger partial charge in [-0.15, -0.1) is 0 Å². The minimum atomic E-state index is 0.823. The number of hydrogen-bond donors (Lipinski definition) is 0. The van der Waals surface area contributed by atoms with Crippen LogP contribution >= 0.6 is 0 Å². The van der Waals surface area contributed by atoms with Crippen LogP contribution in [0.1, 0.15) is 27.9 Å². The fraction of sp³-hybridized carbons (Fsp3) is 0.147. The summed E-state index contributed by atoms with van der Waals surface area (Å²) in [5.74, 6) is 2.62. The highest BCUT2D eigenvalue weighted by molar-refractivity contribution is 5.95. The van der Waals surface area contributed by atoms with Crippen molar-refractivity contribution in [1.29, 1.82) is 0 Å². The molecule has 0 bridgehead atoms. The molecule has 4 heterocycles. The van der Waals surface area contributed by atoms with E-state index < -0.39 is 0 Å². The Morgan fingerprint density at radius 1 is 0.575 bits per heavy atom. The molecule has 0 amide bonds. The number of benzene rings is 3. The Morgan fingerprint density at radius 2 is 1.10 bits per heavy atom. The highest BCUT2D eigenvalue weighted by Gasteiger charge is 2.38. The molecule has 1 aliphatic rings. The van der Waals surface area contributed by atoms with Gasteiger partial charge in [0, 0.05) is 11.4 Å². The van der Waals surface area contributed by atoms with Crippen molar-refractivity contribution in [2.24, 2.45) is 0 Å². The molecule has 0 atom stereocenters. The van der Waals surface area contributed by atoms with Gasteiger partial charge >= 0.3 is 0 Å². The SMILES string of the molecule is Cc1cccc(C)c1N1C(=C/C=c2/c(C)nn3cccc23)N(c2c(C)cccc2C)c2nc3ccccc3nc21. The quantitative estimate of drug-likeness (QED) is 0.247. The number of rotatable bonds is 3. The molecule has 3 aromatic heterocycles. The summed E-state index contributed by atoms with van der Waals surface area (Å²) in [4.78, 5) is 15.0. The van der Waals surface area contributed by atoms with Crippen LogP contribution in [0.25, 0.3) is 22.6 Å². The molecule has 0 aliphatic carbocycles. The van der Waals surface area contributed by atoms with Crippen molar-refractivity contribution in [3.8, 4) is 0 Å². The molecule has 0 spiro atoms. The third-order valence-electron chi connectivity index (χ3n) is 7.79. The second kappa shape index (κ2) is 9.06. The smallest absolute Gasteiger partial charge is 0.183 e. The maximum absolute atomic E-state index is 5.24. The van der Waals surface area contributed by atoms with Crippen molar-refractivity contribution in [1.82, 2.24) is 19.6 Å². The minimum Gasteiger partial charge on any atom is -0.276 e. The number of nitrogens with zero attached hydrogens (tertiary/aromatic N) is 6. The number of fused-ring (bicyclic) bond motifs is 3. The van der Waals surface area contributed by atoms with Gasteiger partial charge in [0.2, 0.25) is 0 Å². The van der Waals surface area contributed by atoms with E-state index in [1.54, 1.807) is 0 Å². The molecule has 3 aromatic carbocycles. The normalized spacial score (nSPS) is 13.6. The van der Waals surface area contributed by atoms with E-state index in [1.807, 2.05) is 41.0 Å². The molecule has 40 heavy (non-hydrogen) atoms. The molecule has 6 aromatic rings. The first-order valence-corrected chi connectivity index (χ1v) is 13.6. The van der Waals surface area contributed by atoms with Crippen molar-refractivity contribution in [3.05, 3.63) is 124 Å². The van der Waals surface area contributed by atoms with Crippen LogP contribution in [0.4, 0.5) is 23.0 Å². The predicted molar refractivity (Wildman–Crippen MR) is 163 cm³/mol. The third kappa shape index (κ3) is 3.60. The first kappa shape index (κ1) is 24.1. The number of aromatic nitrogens is 4. The van der Waals surface area contributed by atoms with Gasteiger partial charge in [-0.3, -0.25) is 9.80 Å². The predicted octanol–water partition coefficient (Wildman–Crippen LogP) is 7.15. The summed E-state index contributed by atoms with van der Waals surface area (Å²) < 4.78 is 1.94. The molecule has 0 radical (unpaired) electrons. The Morgan fingerprint density at radius 3 is 1.62 bits per heavy atom. The summed E-state index contributed by atoms with van der Waals surface area (Å²) in [6, 6.07) is 25.1. The average Bonchev–Trinajstić information content (AvgIpc) is 3.58. The fourth-order valence-corrected chi connectivity index (χ4v) is 5.94. The summed E-state index contributed by atoms with van der Waals surface area (Å²) >= 11 is 0. The summed E-state index contributed by atoms with van der Waals surface area (Å²) in [5.41, 5.74) is 10.8. The van der Waals surface area contributed by atoms with E-state index in [4.69, 9.17) is 15.1 Å². The monoisotopic (exact) mass is 522 g/mol. The minimum absolute atomic E-state index is 0.823. The number of allylic oxidation sites excluding steroid dienone is 1. The van der Waals surface area contributed by atoms with E-state index in [9.17, 15) is 0 Å². The molecule has 0 N–H and O–H groups in total. The van der Waals surface area contributed by atoms with E-state index in [1.165, 1.54) is 22.3 Å². The van der Waals surface area contributed by atoms with Crippen LogP contribution in [0.15, 0.2) is 90.9 Å². The molecule has 0 saturated carbocycles. The molecule has 6 heteroatoms. The van der Waals surface area contributed by atoms with Crippen LogP contribution in [-0.2, 0) is 0 Å². The van der Waals surface area contributed by atoms with Crippen LogP contribution in [0.5, 0.6) is 0 Å². The molecule has 1 aliphatic heterocycles. The van der Waals surface area contributed by atoms with Crippen LogP contribution < -0.4 is 15.0 Å². The zero-order valence-electron chi connectivity index (χ0n) is 23.3. The molecule has 0 fully saturated rings. The van der Waals surface area contributed by atoms with E-state index >= 15 is 0 Å². The first-order valence-electron chi connectivity index (χ1n) is 13.6. The standard InChI is InChI=1S/C34H30N6/c1-21-11-8-12-22(2)31(21)39-30(19-18-26-25(5)37-38-20-10-17-29(26)38)40(32-23(3)13-9-14-24(32)4)34-33(39)35-27-15-6-7-16-28(27)36-34/h6-20H,1-5H3/b26-18-. The average molecular weight is 523 g/mol. The van der Waals surface area contributed by atoms with Gasteiger partial charge < -0.3 is 0 Å². The van der Waals surface area contributed by atoms with E-state index in [2.05, 4.69) is 99.0 Å². The summed E-state index contributed by atoms with van der Waals surface area (Å²) in [5, 5.41) is 5.81. The molecule has 0 saturated heterocycles. The van der Waals surface area contributed by atoms with Crippen molar-refractivity contribution < 1.29 is 0 Å². The Hall–Kier alpha value is -4.97. The Labute approximate surface area is 233 Å². The van der Waals surface area contributed by atoms with Gasteiger partial charge in [-0.1, -0.05) is 48.5 Å². The summed E-state index contributed by atoms with van der Waals surface area (Å²) in [6.45, 7) is 10.7. The maximum Gasteiger partial charge on any atom is 0.183 e. The van der Waals surface area contributed by atoms with E-state index in [0.29, 0.717) is 0 Å². The molecule has 6 nitrogen and oxygen atoms in total. The number of anilines is 4. The Balaban J connectivity index is 1.60. The van der Waals surface area contributed by atoms with Crippen LogP contribution in [-0.4, -0.2) is 19.6 Å². The number of hydrogen-bond acceptors (Lipinski definition) is 5. The van der Waals surface area contributed by atoms with Crippen LogP contribution in [0, 0.1) is 34.6 Å². The molecular formula is C34H30N6. The number of para-hydroxylation sites is 4. The topological polar surface area (TPSA) is 49.6 Å². The molecule has 0 unspecified atom stereocenters. The fourth-order valence-electron chi connectivity index (χ4n) is 5.94. The van der Waals surface area contributed by atoms with Crippen LogP contribution in [0.3, 0.4) is 0 Å². The van der Waals surface area contributed by atoms with Crippen molar-refractivity contribution in [3.63, 3.8) is 0 Å². The summed E-state index contributed by atoms with van der Waals surface area (Å²) in [7, 11) is 0. The van der Waals surface area contributed by atoms with Crippen molar-refractivity contribution in [2.45, 2.75) is 34.6 Å². The van der Waals surface area contributed by atoms with Gasteiger partial charge in [-0.05, 0) is 93.3 Å². The molecular weight excluding hydrogens is 492 g/mol. The molecule has 7 rings (SSSR count). The lowest BCUT2D eigenvalue weighted by Gasteiger charge is -2.28. The van der Waals surface area contributed by atoms with Gasteiger partial charge in [0.15, 0.2) is 11.6 Å². The lowest BCUT2D eigenvalue weighted by atomic mass is 10.1. The number of aryl methyl sites for hydroxylation is 5. The van der Waals surface area contributed by atoms with Crippen LogP contribution in [0.2, 0.25) is 0 Å². The zero-order chi connectivity index (χ0) is 27.5. The lowest BCUT2D eigenvalue weighted by molar-refractivity contribution is 0.946. The van der Waals surface area contributed by atoms with Crippen molar-refractivity contribution >= 4 is 45.6 Å². The van der Waals surface area contributed by atoms with Gasteiger partial charge in [0.25, 0.3) is 0 Å².